The van der Waals surface area contributed by atoms with Crippen LogP contribution >= 0.6 is 0 Å². The quantitative estimate of drug-likeness (QED) is 0.352. The van der Waals surface area contributed by atoms with Gasteiger partial charge < -0.3 is 14.5 Å². The largest absolute Gasteiger partial charge is 0.417 e. The van der Waals surface area contributed by atoms with Crippen LogP contribution in [-0.2, 0) is 4.74 Å². The molecule has 0 spiro atoms. The van der Waals surface area contributed by atoms with Crippen LogP contribution in [0.25, 0.3) is 0 Å². The summed E-state index contributed by atoms with van der Waals surface area (Å²) in [6.45, 7) is 1.05. The highest BCUT2D eigenvalue weighted by Gasteiger charge is 2.17. The van der Waals surface area contributed by atoms with Crippen LogP contribution < -0.4 is 0 Å². The average Bonchev–Trinajstić information content (AvgIpc) is 2.44. The minimum atomic E-state index is -0.841. The van der Waals surface area contributed by atoms with Gasteiger partial charge in [0, 0.05) is 32.3 Å². The highest BCUT2D eigenvalue weighted by molar-refractivity contribution is 5.96. The number of amides is 1. The Labute approximate surface area is 122 Å². The molecule has 1 aromatic rings. The summed E-state index contributed by atoms with van der Waals surface area (Å²) in [5.41, 5.74) is -0.0593. The number of hydrogen-bond donors (Lipinski definition) is 0. The van der Waals surface area contributed by atoms with Crippen molar-refractivity contribution in [3.05, 3.63) is 39.9 Å². The fraction of sp³-hybridized carbons (Fsp3) is 0.385. The van der Waals surface area contributed by atoms with Gasteiger partial charge in [0.2, 0.25) is 0 Å². The molecule has 0 unspecified atom stereocenters. The molecule has 0 fully saturated rings. The second-order valence-electron chi connectivity index (χ2n) is 4.68. The highest BCUT2D eigenvalue weighted by Crippen LogP contribution is 2.12. The number of ether oxygens (including phenoxy) is 1. The second-order valence-corrected chi connectivity index (χ2v) is 4.68. The van der Waals surface area contributed by atoms with Gasteiger partial charge in [0.25, 0.3) is 5.69 Å². The van der Waals surface area contributed by atoms with E-state index in [1.165, 1.54) is 36.2 Å². The maximum Gasteiger partial charge on any atom is 0.417 e. The zero-order valence-corrected chi connectivity index (χ0v) is 12.1. The number of rotatable bonds is 5. The number of non-ortho nitro benzene ring substituents is 1. The Morgan fingerprint density at radius 3 is 2.19 bits per heavy atom. The molecule has 0 aliphatic heterocycles. The molecule has 0 radical (unpaired) electrons. The highest BCUT2D eigenvalue weighted by atomic mass is 16.6. The molecule has 114 valence electrons. The van der Waals surface area contributed by atoms with Crippen LogP contribution in [0.15, 0.2) is 24.3 Å². The molecular formula is C13H17N3O5. The Bertz CT molecular complexity index is 527. The minimum absolute atomic E-state index is 0.0787. The number of esters is 1. The number of carbonyl (C=O) groups excluding carboxylic acids is 2. The number of nitro groups is 1. The van der Waals surface area contributed by atoms with Crippen LogP contribution in [0.4, 0.5) is 10.5 Å². The lowest BCUT2D eigenvalue weighted by atomic mass is 10.2. The Morgan fingerprint density at radius 2 is 1.71 bits per heavy atom. The molecule has 0 saturated carbocycles. The van der Waals surface area contributed by atoms with E-state index in [2.05, 4.69) is 0 Å². The third kappa shape index (κ3) is 5.19. The second kappa shape index (κ2) is 7.34. The molecule has 21 heavy (non-hydrogen) atoms. The van der Waals surface area contributed by atoms with Crippen LogP contribution in [0, 0.1) is 10.1 Å². The van der Waals surface area contributed by atoms with E-state index in [-0.39, 0.29) is 11.3 Å². The third-order valence-electron chi connectivity index (χ3n) is 2.69. The maximum absolute atomic E-state index is 11.7. The summed E-state index contributed by atoms with van der Waals surface area (Å²) in [5.74, 6) is -0.841. The van der Waals surface area contributed by atoms with Crippen molar-refractivity contribution in [2.24, 2.45) is 0 Å². The topological polar surface area (TPSA) is 93.0 Å². The van der Waals surface area contributed by atoms with Gasteiger partial charge in [-0.15, -0.1) is 0 Å². The van der Waals surface area contributed by atoms with E-state index in [9.17, 15) is 19.7 Å². The third-order valence-corrected chi connectivity index (χ3v) is 2.69. The lowest BCUT2D eigenvalue weighted by Crippen LogP contribution is -2.35. The molecule has 0 N–H and O–H groups in total. The number of carbonyl (C=O) groups is 2. The van der Waals surface area contributed by atoms with Crippen molar-refractivity contribution in [1.29, 1.82) is 0 Å². The van der Waals surface area contributed by atoms with Crippen molar-refractivity contribution in [3.8, 4) is 0 Å². The summed E-state index contributed by atoms with van der Waals surface area (Å²) in [4.78, 5) is 36.5. The lowest BCUT2D eigenvalue weighted by Gasteiger charge is -2.18. The smallest absolute Gasteiger partial charge is 0.372 e. The molecule has 8 heteroatoms. The molecule has 0 aromatic heterocycles. The minimum Gasteiger partial charge on any atom is -0.372 e. The van der Waals surface area contributed by atoms with E-state index in [1.807, 2.05) is 19.0 Å². The summed E-state index contributed by atoms with van der Waals surface area (Å²) in [5, 5.41) is 10.5. The molecule has 0 aliphatic carbocycles. The summed E-state index contributed by atoms with van der Waals surface area (Å²) in [6.07, 6.45) is -0.764. The van der Waals surface area contributed by atoms with Gasteiger partial charge in [-0.1, -0.05) is 0 Å². The van der Waals surface area contributed by atoms with Crippen LogP contribution in [0.3, 0.4) is 0 Å². The van der Waals surface area contributed by atoms with Gasteiger partial charge >= 0.3 is 12.1 Å². The fourth-order valence-corrected chi connectivity index (χ4v) is 1.38. The Balaban J connectivity index is 2.59. The fourth-order valence-electron chi connectivity index (χ4n) is 1.38. The van der Waals surface area contributed by atoms with Crippen molar-refractivity contribution < 1.29 is 19.2 Å². The Hall–Kier alpha value is -2.48. The summed E-state index contributed by atoms with van der Waals surface area (Å²) in [6, 6.07) is 4.84. The maximum atomic E-state index is 11.7. The zero-order valence-electron chi connectivity index (χ0n) is 12.1. The number of nitrogens with zero attached hydrogens (tertiary/aromatic N) is 3. The van der Waals surface area contributed by atoms with Crippen molar-refractivity contribution in [2.45, 2.75) is 0 Å². The first kappa shape index (κ1) is 16.6. The number of hydrogen-bond acceptors (Lipinski definition) is 6. The van der Waals surface area contributed by atoms with Crippen LogP contribution in [0.1, 0.15) is 10.4 Å². The molecule has 0 saturated heterocycles. The standard InChI is InChI=1S/C13H17N3O5/c1-14(2)8-9-15(3)13(18)21-12(17)10-4-6-11(7-5-10)16(19)20/h4-7H,8-9H2,1-3H3. The van der Waals surface area contributed by atoms with E-state index >= 15 is 0 Å². The average molecular weight is 295 g/mol. The van der Waals surface area contributed by atoms with Crippen LogP contribution in [0.2, 0.25) is 0 Å². The molecule has 0 heterocycles. The Kier molecular flexibility index (Phi) is 5.79. The van der Waals surface area contributed by atoms with Crippen molar-refractivity contribution in [2.75, 3.05) is 34.2 Å². The molecule has 0 atom stereocenters. The summed E-state index contributed by atoms with van der Waals surface area (Å²) < 4.78 is 4.69. The molecule has 0 aliphatic rings. The van der Waals surface area contributed by atoms with Crippen molar-refractivity contribution in [3.63, 3.8) is 0 Å². The van der Waals surface area contributed by atoms with Crippen molar-refractivity contribution >= 4 is 17.7 Å². The molecule has 1 amide bonds. The summed E-state index contributed by atoms with van der Waals surface area (Å²) in [7, 11) is 5.25. The van der Waals surface area contributed by atoms with Gasteiger partial charge in [-0.05, 0) is 26.2 Å². The lowest BCUT2D eigenvalue weighted by molar-refractivity contribution is -0.384. The number of likely N-dealkylation sites (N-methyl/N-ethyl adjacent to an activating group) is 2. The molecular weight excluding hydrogens is 278 g/mol. The van der Waals surface area contributed by atoms with E-state index in [0.29, 0.717) is 13.1 Å². The molecule has 8 nitrogen and oxygen atoms in total. The van der Waals surface area contributed by atoms with E-state index in [0.717, 1.165) is 0 Å². The first-order chi connectivity index (χ1) is 9.81. The first-order valence-electron chi connectivity index (χ1n) is 6.17. The monoisotopic (exact) mass is 295 g/mol. The molecule has 1 aromatic carbocycles. The van der Waals surface area contributed by atoms with Gasteiger partial charge in [0.05, 0.1) is 10.5 Å². The summed E-state index contributed by atoms with van der Waals surface area (Å²) >= 11 is 0. The zero-order chi connectivity index (χ0) is 16.0. The molecule has 1 rings (SSSR count). The van der Waals surface area contributed by atoms with Gasteiger partial charge in [-0.2, -0.15) is 0 Å². The number of benzene rings is 1. The SMILES string of the molecule is CN(C)CCN(C)C(=O)OC(=O)c1ccc([N+](=O)[O-])cc1. The van der Waals surface area contributed by atoms with E-state index < -0.39 is 17.0 Å². The van der Waals surface area contributed by atoms with Gasteiger partial charge in [-0.3, -0.25) is 10.1 Å². The van der Waals surface area contributed by atoms with Gasteiger partial charge in [0.15, 0.2) is 0 Å². The van der Waals surface area contributed by atoms with Crippen LogP contribution in [-0.4, -0.2) is 61.0 Å². The Morgan fingerprint density at radius 1 is 1.14 bits per heavy atom. The first-order valence-corrected chi connectivity index (χ1v) is 6.17. The van der Waals surface area contributed by atoms with E-state index in [1.54, 1.807) is 0 Å². The molecule has 0 bridgehead atoms. The predicted octanol–water partition coefficient (Wildman–Crippen LogP) is 1.37. The normalized spacial score (nSPS) is 10.3. The van der Waals surface area contributed by atoms with Gasteiger partial charge in [0.1, 0.15) is 0 Å². The van der Waals surface area contributed by atoms with Gasteiger partial charge in [-0.25, -0.2) is 9.59 Å². The number of nitro benzene ring substituents is 1. The van der Waals surface area contributed by atoms with Crippen LogP contribution in [0.5, 0.6) is 0 Å². The van der Waals surface area contributed by atoms with E-state index in [4.69, 9.17) is 4.74 Å². The van der Waals surface area contributed by atoms with Crippen molar-refractivity contribution in [1.82, 2.24) is 9.80 Å². The predicted molar refractivity (Wildman–Crippen MR) is 75.1 cm³/mol.